The van der Waals surface area contributed by atoms with Crippen LogP contribution >= 0.6 is 0 Å². The summed E-state index contributed by atoms with van der Waals surface area (Å²) < 4.78 is 0. The molecule has 1 atom stereocenters. The molecule has 1 aliphatic rings. The van der Waals surface area contributed by atoms with E-state index >= 15 is 0 Å². The fourth-order valence-corrected chi connectivity index (χ4v) is 2.85. The van der Waals surface area contributed by atoms with Crippen molar-refractivity contribution in [3.8, 4) is 0 Å². The molecule has 1 saturated carbocycles. The Morgan fingerprint density at radius 3 is 2.45 bits per heavy atom. The molecule has 0 aliphatic heterocycles. The lowest BCUT2D eigenvalue weighted by atomic mass is 9.87. The first-order valence-corrected chi connectivity index (χ1v) is 7.44. The summed E-state index contributed by atoms with van der Waals surface area (Å²) >= 11 is 0. The second kappa shape index (κ2) is 5.86. The molecular weight excluding hydrogens is 248 g/mol. The molecule has 0 bridgehead atoms. The van der Waals surface area contributed by atoms with E-state index in [1.54, 1.807) is 19.0 Å². The predicted octanol–water partition coefficient (Wildman–Crippen LogP) is 3.31. The van der Waals surface area contributed by atoms with Crippen LogP contribution in [-0.2, 0) is 11.2 Å². The van der Waals surface area contributed by atoms with Crippen LogP contribution in [0.4, 0.5) is 5.69 Å². The molecule has 1 unspecified atom stereocenters. The molecule has 1 amide bonds. The van der Waals surface area contributed by atoms with Gasteiger partial charge in [-0.2, -0.15) is 0 Å². The van der Waals surface area contributed by atoms with Gasteiger partial charge in [0.25, 0.3) is 0 Å². The van der Waals surface area contributed by atoms with Crippen molar-refractivity contribution in [3.63, 3.8) is 0 Å². The lowest BCUT2D eigenvalue weighted by Gasteiger charge is -2.28. The van der Waals surface area contributed by atoms with E-state index in [-0.39, 0.29) is 5.91 Å². The molecular formula is C17H26N2O. The highest BCUT2D eigenvalue weighted by molar-refractivity contribution is 5.78. The van der Waals surface area contributed by atoms with Crippen LogP contribution in [0.25, 0.3) is 0 Å². The average molecular weight is 274 g/mol. The van der Waals surface area contributed by atoms with E-state index in [9.17, 15) is 4.79 Å². The summed E-state index contributed by atoms with van der Waals surface area (Å²) in [7, 11) is 3.58. The highest BCUT2D eigenvalue weighted by Gasteiger charge is 2.34. The van der Waals surface area contributed by atoms with Gasteiger partial charge in [-0.1, -0.05) is 32.4 Å². The third-order valence-corrected chi connectivity index (χ3v) is 4.41. The molecule has 0 spiro atoms. The van der Waals surface area contributed by atoms with E-state index < -0.39 is 0 Å². The molecule has 0 saturated heterocycles. The maximum absolute atomic E-state index is 11.7. The number of hydrogen-bond donors (Lipinski definition) is 1. The van der Waals surface area contributed by atoms with Gasteiger partial charge in [0.05, 0.1) is 6.42 Å². The number of hydrogen-bond acceptors (Lipinski definition) is 2. The Labute approximate surface area is 122 Å². The van der Waals surface area contributed by atoms with Crippen LogP contribution in [0.15, 0.2) is 24.3 Å². The van der Waals surface area contributed by atoms with Gasteiger partial charge in [0, 0.05) is 25.8 Å². The van der Waals surface area contributed by atoms with Crippen molar-refractivity contribution in [1.82, 2.24) is 4.90 Å². The van der Waals surface area contributed by atoms with Gasteiger partial charge in [-0.05, 0) is 36.0 Å². The number of rotatable bonds is 4. The Hall–Kier alpha value is -1.51. The van der Waals surface area contributed by atoms with Crippen LogP contribution in [0.1, 0.15) is 38.7 Å². The van der Waals surface area contributed by atoms with Crippen LogP contribution in [0, 0.1) is 5.41 Å². The maximum atomic E-state index is 11.7. The summed E-state index contributed by atoms with van der Waals surface area (Å²) in [5.74, 6) is 0.141. The van der Waals surface area contributed by atoms with Crippen LogP contribution < -0.4 is 5.32 Å². The van der Waals surface area contributed by atoms with E-state index in [0.717, 1.165) is 11.3 Å². The zero-order chi connectivity index (χ0) is 14.8. The normalized spacial score (nSPS) is 20.7. The van der Waals surface area contributed by atoms with Gasteiger partial charge in [0.15, 0.2) is 0 Å². The molecule has 1 fully saturated rings. The van der Waals surface area contributed by atoms with Gasteiger partial charge >= 0.3 is 0 Å². The fraction of sp³-hybridized carbons (Fsp3) is 0.588. The zero-order valence-corrected chi connectivity index (χ0v) is 13.1. The van der Waals surface area contributed by atoms with Gasteiger partial charge in [0.1, 0.15) is 0 Å². The van der Waals surface area contributed by atoms with E-state index in [2.05, 4.69) is 31.3 Å². The molecule has 3 heteroatoms. The monoisotopic (exact) mass is 274 g/mol. The minimum absolute atomic E-state index is 0.141. The molecule has 1 aromatic rings. The third-order valence-electron chi connectivity index (χ3n) is 4.41. The number of anilines is 1. The third kappa shape index (κ3) is 3.53. The Morgan fingerprint density at radius 1 is 1.30 bits per heavy atom. The number of benzene rings is 1. The second-order valence-electron chi connectivity index (χ2n) is 6.74. The number of nitrogens with one attached hydrogen (secondary N) is 1. The topological polar surface area (TPSA) is 32.3 Å². The minimum Gasteiger partial charge on any atom is -0.382 e. The summed E-state index contributed by atoms with van der Waals surface area (Å²) in [4.78, 5) is 13.3. The number of carbonyl (C=O) groups is 1. The summed E-state index contributed by atoms with van der Waals surface area (Å²) in [5, 5.41) is 3.64. The van der Waals surface area contributed by atoms with Crippen molar-refractivity contribution in [2.75, 3.05) is 19.4 Å². The Bertz CT molecular complexity index is 462. The van der Waals surface area contributed by atoms with Crippen molar-refractivity contribution >= 4 is 11.6 Å². The summed E-state index contributed by atoms with van der Waals surface area (Å²) in [6.07, 6.45) is 4.32. The van der Waals surface area contributed by atoms with E-state index in [1.807, 2.05) is 12.1 Å². The van der Waals surface area contributed by atoms with Gasteiger partial charge in [-0.25, -0.2) is 0 Å². The maximum Gasteiger partial charge on any atom is 0.226 e. The Morgan fingerprint density at radius 2 is 1.95 bits per heavy atom. The van der Waals surface area contributed by atoms with Crippen molar-refractivity contribution in [2.24, 2.45) is 5.41 Å². The summed E-state index contributed by atoms with van der Waals surface area (Å²) in [5.41, 5.74) is 2.60. The Balaban J connectivity index is 1.96. The van der Waals surface area contributed by atoms with Crippen LogP contribution in [-0.4, -0.2) is 30.9 Å². The van der Waals surface area contributed by atoms with Gasteiger partial charge in [0.2, 0.25) is 5.91 Å². The largest absolute Gasteiger partial charge is 0.382 e. The first kappa shape index (κ1) is 14.9. The quantitative estimate of drug-likeness (QED) is 0.913. The van der Waals surface area contributed by atoms with Crippen LogP contribution in [0.2, 0.25) is 0 Å². The van der Waals surface area contributed by atoms with E-state index in [4.69, 9.17) is 0 Å². The first-order chi connectivity index (χ1) is 9.38. The van der Waals surface area contributed by atoms with Gasteiger partial charge in [-0.3, -0.25) is 4.79 Å². The minimum atomic E-state index is 0.141. The van der Waals surface area contributed by atoms with Crippen molar-refractivity contribution in [1.29, 1.82) is 0 Å². The SMILES string of the molecule is CN(C)C(=O)Cc1ccc(NC2CCCC2(C)C)cc1. The number of amides is 1. The summed E-state index contributed by atoms with van der Waals surface area (Å²) in [6.45, 7) is 4.67. The van der Waals surface area contributed by atoms with E-state index in [0.29, 0.717) is 17.9 Å². The molecule has 1 N–H and O–H groups in total. The van der Waals surface area contributed by atoms with Gasteiger partial charge in [-0.15, -0.1) is 0 Å². The fourth-order valence-electron chi connectivity index (χ4n) is 2.85. The average Bonchev–Trinajstić information content (AvgIpc) is 2.71. The standard InChI is InChI=1S/C17H26N2O/c1-17(2)11-5-6-15(17)18-14-9-7-13(8-10-14)12-16(20)19(3)4/h7-10,15,18H,5-6,11-12H2,1-4H3. The lowest BCUT2D eigenvalue weighted by molar-refractivity contribution is -0.127. The molecule has 2 rings (SSSR count). The van der Waals surface area contributed by atoms with Crippen molar-refractivity contribution < 1.29 is 4.79 Å². The smallest absolute Gasteiger partial charge is 0.226 e. The van der Waals surface area contributed by atoms with Crippen molar-refractivity contribution in [2.45, 2.75) is 45.6 Å². The zero-order valence-electron chi connectivity index (χ0n) is 13.1. The lowest BCUT2D eigenvalue weighted by Crippen LogP contribution is -2.30. The molecule has 20 heavy (non-hydrogen) atoms. The van der Waals surface area contributed by atoms with Crippen LogP contribution in [0.3, 0.4) is 0 Å². The molecule has 0 radical (unpaired) electrons. The van der Waals surface area contributed by atoms with Crippen LogP contribution in [0.5, 0.6) is 0 Å². The van der Waals surface area contributed by atoms with Gasteiger partial charge < -0.3 is 10.2 Å². The highest BCUT2D eigenvalue weighted by atomic mass is 16.2. The Kier molecular flexibility index (Phi) is 4.36. The highest BCUT2D eigenvalue weighted by Crippen LogP contribution is 2.38. The molecule has 110 valence electrons. The molecule has 0 heterocycles. The predicted molar refractivity (Wildman–Crippen MR) is 83.9 cm³/mol. The first-order valence-electron chi connectivity index (χ1n) is 7.44. The number of likely N-dealkylation sites (N-methyl/N-ethyl adjacent to an activating group) is 1. The number of carbonyl (C=O) groups excluding carboxylic acids is 1. The molecule has 1 aromatic carbocycles. The molecule has 3 nitrogen and oxygen atoms in total. The molecule has 0 aromatic heterocycles. The second-order valence-corrected chi connectivity index (χ2v) is 6.74. The number of nitrogens with zero attached hydrogens (tertiary/aromatic N) is 1. The van der Waals surface area contributed by atoms with Crippen molar-refractivity contribution in [3.05, 3.63) is 29.8 Å². The summed E-state index contributed by atoms with van der Waals surface area (Å²) in [6, 6.07) is 8.83. The molecule has 1 aliphatic carbocycles. The van der Waals surface area contributed by atoms with E-state index in [1.165, 1.54) is 19.3 Å².